The maximum Gasteiger partial charge on any atom is 0.324 e. The molecule has 64 valence electrons. The summed E-state index contributed by atoms with van der Waals surface area (Å²) < 4.78 is 0. The first kappa shape index (κ1) is 8.81. The fourth-order valence-electron chi connectivity index (χ4n) is 1.19. The van der Waals surface area contributed by atoms with Crippen molar-refractivity contribution in [1.82, 2.24) is 4.90 Å². The highest BCUT2D eigenvalue weighted by Gasteiger charge is 2.38. The lowest BCUT2D eigenvalue weighted by Crippen LogP contribution is -2.44. The molecule has 0 aromatic carbocycles. The topological polar surface area (TPSA) is 40.5 Å². The van der Waals surface area contributed by atoms with E-state index in [-0.39, 0.29) is 0 Å². The van der Waals surface area contributed by atoms with Gasteiger partial charge < -0.3 is 10.0 Å². The lowest BCUT2D eigenvalue weighted by Gasteiger charge is -2.32. The smallest absolute Gasteiger partial charge is 0.324 e. The van der Waals surface area contributed by atoms with Gasteiger partial charge in [-0.2, -0.15) is 0 Å². The predicted molar refractivity (Wildman–Crippen MR) is 43.0 cm³/mol. The van der Waals surface area contributed by atoms with Crippen molar-refractivity contribution in [3.8, 4) is 0 Å². The van der Waals surface area contributed by atoms with Crippen LogP contribution in [-0.4, -0.2) is 41.0 Å². The number of halogens is 1. The molecule has 4 heteroatoms. The van der Waals surface area contributed by atoms with E-state index in [9.17, 15) is 4.79 Å². The van der Waals surface area contributed by atoms with E-state index >= 15 is 0 Å². The molecule has 0 aromatic rings. The Balaban J connectivity index is 2.55. The Morgan fingerprint density at radius 2 is 2.00 bits per heavy atom. The summed E-state index contributed by atoms with van der Waals surface area (Å²) in [5.74, 6) is -0.882. The van der Waals surface area contributed by atoms with Crippen LogP contribution in [0.25, 0.3) is 0 Å². The van der Waals surface area contributed by atoms with Gasteiger partial charge in [-0.1, -0.05) is 0 Å². The van der Waals surface area contributed by atoms with E-state index in [1.807, 2.05) is 7.05 Å². The monoisotopic (exact) mass is 177 g/mol. The zero-order chi connectivity index (χ0) is 8.48. The summed E-state index contributed by atoms with van der Waals surface area (Å²) in [6.45, 7) is 1.55. The van der Waals surface area contributed by atoms with E-state index in [0.717, 1.165) is 13.1 Å². The number of alkyl halides is 1. The first-order valence-corrected chi connectivity index (χ1v) is 4.03. The summed E-state index contributed by atoms with van der Waals surface area (Å²) in [6.07, 6.45) is 1.08. The molecule has 3 nitrogen and oxygen atoms in total. The number of nitrogens with zero attached hydrogens (tertiary/aromatic N) is 1. The predicted octanol–water partition coefficient (Wildman–Crippen LogP) is 0.774. The van der Waals surface area contributed by atoms with Crippen molar-refractivity contribution in [2.75, 3.05) is 20.1 Å². The molecule has 0 bridgehead atoms. The fourth-order valence-corrected chi connectivity index (χ4v) is 1.36. The van der Waals surface area contributed by atoms with Crippen LogP contribution in [-0.2, 0) is 4.79 Å². The van der Waals surface area contributed by atoms with Gasteiger partial charge in [0.15, 0.2) is 0 Å². The fraction of sp³-hybridized carbons (Fsp3) is 0.857. The number of hydrogen-bond acceptors (Lipinski definition) is 2. The number of carbonyl (C=O) groups is 1. The van der Waals surface area contributed by atoms with Crippen molar-refractivity contribution >= 4 is 17.6 Å². The molecule has 0 radical (unpaired) electrons. The Kier molecular flexibility index (Phi) is 2.40. The third kappa shape index (κ3) is 1.84. The molecule has 1 aliphatic heterocycles. The summed E-state index contributed by atoms with van der Waals surface area (Å²) in [4.78, 5) is 11.7. The van der Waals surface area contributed by atoms with Crippen LogP contribution in [0.3, 0.4) is 0 Å². The van der Waals surface area contributed by atoms with Crippen molar-refractivity contribution < 1.29 is 9.90 Å². The lowest BCUT2D eigenvalue weighted by molar-refractivity contribution is -0.141. The van der Waals surface area contributed by atoms with Crippen LogP contribution in [0.5, 0.6) is 0 Å². The lowest BCUT2D eigenvalue weighted by atomic mass is 9.96. The molecule has 0 atom stereocenters. The van der Waals surface area contributed by atoms with E-state index in [0.29, 0.717) is 12.8 Å². The van der Waals surface area contributed by atoms with Gasteiger partial charge in [-0.15, -0.1) is 11.6 Å². The standard InChI is InChI=1S/C7H12ClNO2/c1-9-4-2-7(8,3-5-9)6(10)11/h2-5H2,1H3,(H,10,11). The molecular formula is C7H12ClNO2. The molecule has 1 fully saturated rings. The molecule has 1 heterocycles. The largest absolute Gasteiger partial charge is 0.480 e. The SMILES string of the molecule is CN1CCC(Cl)(C(=O)O)CC1. The highest BCUT2D eigenvalue weighted by atomic mass is 35.5. The van der Waals surface area contributed by atoms with Crippen molar-refractivity contribution in [2.45, 2.75) is 17.7 Å². The molecule has 11 heavy (non-hydrogen) atoms. The second kappa shape index (κ2) is 2.99. The summed E-state index contributed by atoms with van der Waals surface area (Å²) in [6, 6.07) is 0. The van der Waals surface area contributed by atoms with Crippen LogP contribution in [0.15, 0.2) is 0 Å². The van der Waals surface area contributed by atoms with Gasteiger partial charge in [0.1, 0.15) is 4.87 Å². The van der Waals surface area contributed by atoms with Gasteiger partial charge in [-0.05, 0) is 19.9 Å². The Hall–Kier alpha value is -0.280. The molecule has 0 aliphatic carbocycles. The molecule has 1 aliphatic rings. The van der Waals surface area contributed by atoms with Gasteiger partial charge in [-0.3, -0.25) is 4.79 Å². The van der Waals surface area contributed by atoms with Gasteiger partial charge in [-0.25, -0.2) is 0 Å². The van der Waals surface area contributed by atoms with Crippen LogP contribution < -0.4 is 0 Å². The summed E-state index contributed by atoms with van der Waals surface area (Å²) in [5.41, 5.74) is 0. The van der Waals surface area contributed by atoms with Crippen LogP contribution >= 0.6 is 11.6 Å². The average Bonchev–Trinajstić information content (AvgIpc) is 1.95. The maximum atomic E-state index is 10.6. The Morgan fingerprint density at radius 1 is 1.55 bits per heavy atom. The normalized spacial score (nSPS) is 24.9. The van der Waals surface area contributed by atoms with Crippen LogP contribution in [0.2, 0.25) is 0 Å². The van der Waals surface area contributed by atoms with Crippen molar-refractivity contribution in [3.63, 3.8) is 0 Å². The van der Waals surface area contributed by atoms with Crippen LogP contribution in [0, 0.1) is 0 Å². The van der Waals surface area contributed by atoms with E-state index in [1.165, 1.54) is 0 Å². The summed E-state index contributed by atoms with van der Waals surface area (Å²) >= 11 is 5.85. The third-order valence-electron chi connectivity index (χ3n) is 2.16. The molecule has 0 aromatic heterocycles. The molecule has 0 spiro atoms. The number of rotatable bonds is 1. The van der Waals surface area contributed by atoms with Crippen molar-refractivity contribution in [3.05, 3.63) is 0 Å². The maximum absolute atomic E-state index is 10.6. The number of hydrogen-bond donors (Lipinski definition) is 1. The van der Waals surface area contributed by atoms with E-state index in [1.54, 1.807) is 0 Å². The highest BCUT2D eigenvalue weighted by Crippen LogP contribution is 2.28. The highest BCUT2D eigenvalue weighted by molar-refractivity contribution is 6.33. The molecule has 0 saturated carbocycles. The van der Waals surface area contributed by atoms with Crippen LogP contribution in [0.4, 0.5) is 0 Å². The van der Waals surface area contributed by atoms with Gasteiger partial charge in [0.05, 0.1) is 0 Å². The van der Waals surface area contributed by atoms with Crippen molar-refractivity contribution in [2.24, 2.45) is 0 Å². The summed E-state index contributed by atoms with van der Waals surface area (Å²) in [5, 5.41) is 8.73. The molecule has 1 N–H and O–H groups in total. The zero-order valence-corrected chi connectivity index (χ0v) is 7.26. The zero-order valence-electron chi connectivity index (χ0n) is 6.51. The first-order valence-electron chi connectivity index (χ1n) is 3.65. The second-order valence-electron chi connectivity index (χ2n) is 3.07. The second-order valence-corrected chi connectivity index (χ2v) is 3.80. The first-order chi connectivity index (χ1) is 5.04. The van der Waals surface area contributed by atoms with Crippen LogP contribution in [0.1, 0.15) is 12.8 Å². The number of carboxylic acids is 1. The van der Waals surface area contributed by atoms with Gasteiger partial charge >= 0.3 is 5.97 Å². The van der Waals surface area contributed by atoms with E-state index in [2.05, 4.69) is 4.90 Å². The molecule has 1 saturated heterocycles. The minimum absolute atomic E-state index is 0.542. The van der Waals surface area contributed by atoms with E-state index < -0.39 is 10.8 Å². The Bertz CT molecular complexity index is 164. The minimum Gasteiger partial charge on any atom is -0.480 e. The Labute approximate surface area is 70.9 Å². The van der Waals surface area contributed by atoms with Gasteiger partial charge in [0, 0.05) is 13.1 Å². The summed E-state index contributed by atoms with van der Waals surface area (Å²) in [7, 11) is 1.97. The van der Waals surface area contributed by atoms with E-state index in [4.69, 9.17) is 16.7 Å². The number of likely N-dealkylation sites (tertiary alicyclic amines) is 1. The molecule has 1 rings (SSSR count). The quantitative estimate of drug-likeness (QED) is 0.602. The Morgan fingerprint density at radius 3 is 2.36 bits per heavy atom. The number of carboxylic acid groups (broad SMARTS) is 1. The van der Waals surface area contributed by atoms with Gasteiger partial charge in [0.25, 0.3) is 0 Å². The van der Waals surface area contributed by atoms with Gasteiger partial charge in [0.2, 0.25) is 0 Å². The number of aliphatic carboxylic acids is 1. The molecular weight excluding hydrogens is 166 g/mol. The average molecular weight is 178 g/mol. The molecule has 0 amide bonds. The third-order valence-corrected chi connectivity index (χ3v) is 2.70. The minimum atomic E-state index is -0.994. The molecule has 0 unspecified atom stereocenters. The number of piperidine rings is 1. The van der Waals surface area contributed by atoms with Crippen molar-refractivity contribution in [1.29, 1.82) is 0 Å².